The van der Waals surface area contributed by atoms with Gasteiger partial charge in [-0.3, -0.25) is 14.4 Å². The minimum atomic E-state index is -0.367. The molecular formula is C37H47N5O5. The monoisotopic (exact) mass is 641 g/mol. The second-order valence-corrected chi connectivity index (χ2v) is 13.2. The fraction of sp³-hybridized carbons (Fsp3) is 0.514. The highest BCUT2D eigenvalue weighted by atomic mass is 16.5. The molecule has 4 atom stereocenters. The van der Waals surface area contributed by atoms with Gasteiger partial charge < -0.3 is 25.4 Å². The molecule has 3 amide bonds. The van der Waals surface area contributed by atoms with E-state index >= 15 is 0 Å². The molecule has 3 aromatic rings. The lowest BCUT2D eigenvalue weighted by Crippen LogP contribution is -2.48. The van der Waals surface area contributed by atoms with Crippen molar-refractivity contribution in [2.24, 2.45) is 5.92 Å². The van der Waals surface area contributed by atoms with E-state index in [1.54, 1.807) is 0 Å². The molecule has 1 heterocycles. The van der Waals surface area contributed by atoms with Crippen LogP contribution in [0, 0.1) is 5.92 Å². The number of carbonyl (C=O) groups is 3. The lowest BCUT2D eigenvalue weighted by Gasteiger charge is -2.32. The topological polar surface area (TPSA) is 124 Å². The molecule has 0 bridgehead atoms. The molecule has 0 spiro atoms. The van der Waals surface area contributed by atoms with Crippen LogP contribution in [0.2, 0.25) is 0 Å². The normalized spacial score (nSPS) is 22.7. The number of hydrogen-bond donors (Lipinski definition) is 3. The number of aromatic nitrogens is 2. The average molecular weight is 642 g/mol. The van der Waals surface area contributed by atoms with Crippen molar-refractivity contribution in [2.75, 3.05) is 6.54 Å². The van der Waals surface area contributed by atoms with Crippen molar-refractivity contribution in [3.63, 3.8) is 0 Å². The molecule has 0 aliphatic heterocycles. The molecule has 250 valence electrons. The summed E-state index contributed by atoms with van der Waals surface area (Å²) in [5.74, 6) is -0.475. The number of carbonyl (C=O) groups excluding carboxylic acids is 3. The highest BCUT2D eigenvalue weighted by molar-refractivity contribution is 5.98. The van der Waals surface area contributed by atoms with Gasteiger partial charge in [0, 0.05) is 12.6 Å². The Kier molecular flexibility index (Phi) is 11.3. The van der Waals surface area contributed by atoms with Crippen LogP contribution in [0.5, 0.6) is 0 Å². The highest BCUT2D eigenvalue weighted by Crippen LogP contribution is 2.28. The van der Waals surface area contributed by atoms with E-state index in [2.05, 4.69) is 21.0 Å². The fourth-order valence-electron chi connectivity index (χ4n) is 6.59. The van der Waals surface area contributed by atoms with Crippen LogP contribution in [-0.2, 0) is 34.0 Å². The largest absolute Gasteiger partial charge is 0.371 e. The van der Waals surface area contributed by atoms with Gasteiger partial charge in [0.1, 0.15) is 12.2 Å². The predicted molar refractivity (Wildman–Crippen MR) is 177 cm³/mol. The van der Waals surface area contributed by atoms with E-state index in [0.717, 1.165) is 75.3 Å². The number of rotatable bonds is 14. The van der Waals surface area contributed by atoms with Crippen LogP contribution in [-0.4, -0.2) is 58.3 Å². The second kappa shape index (κ2) is 16.2. The van der Waals surface area contributed by atoms with Crippen LogP contribution >= 0.6 is 0 Å². The van der Waals surface area contributed by atoms with Crippen LogP contribution in [0.1, 0.15) is 96.3 Å². The van der Waals surface area contributed by atoms with Gasteiger partial charge in [-0.2, -0.15) is 5.10 Å². The van der Waals surface area contributed by atoms with Gasteiger partial charge in [0.15, 0.2) is 5.69 Å². The number of ether oxygens (including phenoxy) is 2. The van der Waals surface area contributed by atoms with E-state index in [1.165, 1.54) is 10.7 Å². The van der Waals surface area contributed by atoms with E-state index in [1.807, 2.05) is 60.7 Å². The standard InChI is InChI=1S/C37H47N5O5/c43-35(39-29-15-7-9-17-33(29)46-24-27-11-3-1-4-12-27)23-42-32(21-31(41-42)36(44)38-22-26-19-20-26)37(45)40-30-16-8-10-18-34(30)47-25-28-13-5-2-6-14-28/h1-6,11-14,21,26,29-30,33-34H,7-10,15-20,22-25H2,(H,38,44)(H,39,43)(H,40,45)/t29?,30-,33-,34-/m0/s1. The molecule has 3 fully saturated rings. The SMILES string of the molecule is O=C(Cn1nc(C(=O)NCC2CC2)cc1C(=O)N[C@H]1CCCC[C@@H]1OCc1ccccc1)NC1CCCC[C@@H]1OCc1ccccc1. The minimum Gasteiger partial charge on any atom is -0.371 e. The molecule has 3 saturated carbocycles. The average Bonchev–Trinajstić information content (AvgIpc) is 3.84. The number of benzene rings is 2. The molecule has 1 aromatic heterocycles. The van der Waals surface area contributed by atoms with Gasteiger partial charge in [-0.05, 0) is 55.6 Å². The first kappa shape index (κ1) is 32.9. The van der Waals surface area contributed by atoms with Crippen LogP contribution < -0.4 is 16.0 Å². The first-order valence-corrected chi connectivity index (χ1v) is 17.3. The van der Waals surface area contributed by atoms with E-state index in [0.29, 0.717) is 25.7 Å². The smallest absolute Gasteiger partial charge is 0.271 e. The van der Waals surface area contributed by atoms with Crippen molar-refractivity contribution in [3.8, 4) is 0 Å². The van der Waals surface area contributed by atoms with Crippen molar-refractivity contribution >= 4 is 17.7 Å². The zero-order valence-electron chi connectivity index (χ0n) is 27.1. The van der Waals surface area contributed by atoms with Gasteiger partial charge in [0.05, 0.1) is 37.5 Å². The summed E-state index contributed by atoms with van der Waals surface area (Å²) in [7, 11) is 0. The third kappa shape index (κ3) is 9.51. The summed E-state index contributed by atoms with van der Waals surface area (Å²) in [6.07, 6.45) is 9.38. The van der Waals surface area contributed by atoms with Gasteiger partial charge in [-0.1, -0.05) is 86.3 Å². The van der Waals surface area contributed by atoms with Crippen LogP contribution in [0.4, 0.5) is 0 Å². The van der Waals surface area contributed by atoms with Gasteiger partial charge in [-0.15, -0.1) is 0 Å². The zero-order chi connectivity index (χ0) is 32.4. The Balaban J connectivity index is 1.12. The van der Waals surface area contributed by atoms with Gasteiger partial charge in [-0.25, -0.2) is 4.68 Å². The Morgan fingerprint density at radius 2 is 1.26 bits per heavy atom. The molecular weight excluding hydrogens is 594 g/mol. The molecule has 0 radical (unpaired) electrons. The Labute approximate surface area is 277 Å². The van der Waals surface area contributed by atoms with Gasteiger partial charge >= 0.3 is 0 Å². The third-order valence-corrected chi connectivity index (χ3v) is 9.47. The molecule has 1 unspecified atom stereocenters. The van der Waals surface area contributed by atoms with Crippen LogP contribution in [0.15, 0.2) is 66.7 Å². The molecule has 6 rings (SSSR count). The fourth-order valence-corrected chi connectivity index (χ4v) is 6.59. The molecule has 10 nitrogen and oxygen atoms in total. The Morgan fingerprint density at radius 3 is 1.83 bits per heavy atom. The maximum absolute atomic E-state index is 13.8. The second-order valence-electron chi connectivity index (χ2n) is 13.2. The van der Waals surface area contributed by atoms with Crippen molar-refractivity contribution in [3.05, 3.63) is 89.2 Å². The van der Waals surface area contributed by atoms with Crippen LogP contribution in [0.3, 0.4) is 0 Å². The van der Waals surface area contributed by atoms with Crippen molar-refractivity contribution in [1.82, 2.24) is 25.7 Å². The number of hydrogen-bond acceptors (Lipinski definition) is 6. The summed E-state index contributed by atoms with van der Waals surface area (Å²) in [5.41, 5.74) is 2.49. The molecule has 47 heavy (non-hydrogen) atoms. The highest BCUT2D eigenvalue weighted by Gasteiger charge is 2.31. The molecule has 3 N–H and O–H groups in total. The number of amides is 3. The Bertz CT molecular complexity index is 1470. The third-order valence-electron chi connectivity index (χ3n) is 9.47. The molecule has 0 saturated heterocycles. The summed E-state index contributed by atoms with van der Waals surface area (Å²) in [6, 6.07) is 21.2. The summed E-state index contributed by atoms with van der Waals surface area (Å²) in [5, 5.41) is 13.7. The molecule has 10 heteroatoms. The number of nitrogens with zero attached hydrogens (tertiary/aromatic N) is 2. The van der Waals surface area contributed by atoms with Crippen molar-refractivity contribution in [1.29, 1.82) is 0 Å². The summed E-state index contributed by atoms with van der Waals surface area (Å²) >= 11 is 0. The molecule has 2 aromatic carbocycles. The first-order valence-electron chi connectivity index (χ1n) is 17.3. The Morgan fingerprint density at radius 1 is 0.702 bits per heavy atom. The summed E-state index contributed by atoms with van der Waals surface area (Å²) in [6.45, 7) is 1.36. The van der Waals surface area contributed by atoms with Gasteiger partial charge in [0.25, 0.3) is 11.8 Å². The zero-order valence-corrected chi connectivity index (χ0v) is 27.1. The molecule has 3 aliphatic carbocycles. The maximum atomic E-state index is 13.8. The lowest BCUT2D eigenvalue weighted by molar-refractivity contribution is -0.124. The number of nitrogens with one attached hydrogen (secondary N) is 3. The van der Waals surface area contributed by atoms with E-state index < -0.39 is 0 Å². The summed E-state index contributed by atoms with van der Waals surface area (Å²) < 4.78 is 13.9. The lowest BCUT2D eigenvalue weighted by atomic mass is 9.92. The maximum Gasteiger partial charge on any atom is 0.271 e. The predicted octanol–water partition coefficient (Wildman–Crippen LogP) is 4.92. The molecule has 3 aliphatic rings. The van der Waals surface area contributed by atoms with Crippen LogP contribution in [0.25, 0.3) is 0 Å². The minimum absolute atomic E-state index is 0.101. The van der Waals surface area contributed by atoms with E-state index in [9.17, 15) is 14.4 Å². The Hall–Kier alpha value is -4.02. The van der Waals surface area contributed by atoms with Crippen molar-refractivity contribution in [2.45, 2.75) is 108 Å². The first-order chi connectivity index (χ1) is 23.0. The van der Waals surface area contributed by atoms with Gasteiger partial charge in [0.2, 0.25) is 5.91 Å². The van der Waals surface area contributed by atoms with E-state index in [4.69, 9.17) is 9.47 Å². The quantitative estimate of drug-likeness (QED) is 0.230. The summed E-state index contributed by atoms with van der Waals surface area (Å²) in [4.78, 5) is 40.3. The van der Waals surface area contributed by atoms with E-state index in [-0.39, 0.29) is 59.9 Å². The van der Waals surface area contributed by atoms with Crippen molar-refractivity contribution < 1.29 is 23.9 Å².